The maximum Gasteiger partial charge on any atom is 0.326 e. The van der Waals surface area contributed by atoms with Crippen molar-refractivity contribution in [1.82, 2.24) is 19.8 Å². The number of benzene rings is 3. The maximum atomic E-state index is 14.2. The summed E-state index contributed by atoms with van der Waals surface area (Å²) in [5.41, 5.74) is 1.48. The molecule has 1 saturated heterocycles. The summed E-state index contributed by atoms with van der Waals surface area (Å²) in [4.78, 5) is 36.3. The van der Waals surface area contributed by atoms with Crippen molar-refractivity contribution in [3.63, 3.8) is 0 Å². The fourth-order valence-corrected chi connectivity index (χ4v) is 5.28. The molecular formula is C35H42N6O6. The number of phenolic OH excluding ortho intramolecular Hbond substituents is 2. The number of carbonyl (C=O) groups excluding carboxylic acids is 2. The molecule has 3 N–H and O–H groups in total. The molecule has 0 spiro atoms. The highest BCUT2D eigenvalue weighted by Crippen LogP contribution is 2.36. The first-order chi connectivity index (χ1) is 22.4. The molecule has 2 heterocycles. The van der Waals surface area contributed by atoms with Crippen LogP contribution in [0.5, 0.6) is 17.2 Å². The minimum Gasteiger partial charge on any atom is -0.508 e. The van der Waals surface area contributed by atoms with E-state index >= 15 is 0 Å². The molecular weight excluding hydrogens is 600 g/mol. The van der Waals surface area contributed by atoms with E-state index in [4.69, 9.17) is 14.8 Å². The number of likely N-dealkylation sites (N-methyl/N-ethyl adjacent to an activating group) is 1. The zero-order valence-electron chi connectivity index (χ0n) is 27.2. The molecule has 5 rings (SSSR count). The van der Waals surface area contributed by atoms with E-state index in [1.54, 1.807) is 58.3 Å². The largest absolute Gasteiger partial charge is 0.508 e. The number of aromatic hydroxyl groups is 2. The van der Waals surface area contributed by atoms with Crippen molar-refractivity contribution in [3.8, 4) is 23.3 Å². The summed E-state index contributed by atoms with van der Waals surface area (Å²) in [5, 5.41) is 38.2. The van der Waals surface area contributed by atoms with Gasteiger partial charge in [0.25, 0.3) is 5.91 Å². The van der Waals surface area contributed by atoms with Gasteiger partial charge in [0.1, 0.15) is 23.1 Å². The highest BCUT2D eigenvalue weighted by atomic mass is 16.5. The number of hydrogen-bond acceptors (Lipinski definition) is 9. The van der Waals surface area contributed by atoms with Gasteiger partial charge in [-0.25, -0.2) is 9.86 Å². The van der Waals surface area contributed by atoms with Crippen molar-refractivity contribution in [3.05, 3.63) is 89.5 Å². The monoisotopic (exact) mass is 642 g/mol. The number of rotatable bonds is 7. The van der Waals surface area contributed by atoms with E-state index in [1.807, 2.05) is 49.9 Å². The lowest BCUT2D eigenvalue weighted by atomic mass is 9.85. The van der Waals surface area contributed by atoms with E-state index in [0.29, 0.717) is 67.3 Å². The molecule has 0 bridgehead atoms. The summed E-state index contributed by atoms with van der Waals surface area (Å²) in [6.45, 7) is 8.11. The molecule has 248 valence electrons. The second-order valence-electron chi connectivity index (χ2n) is 11.8. The summed E-state index contributed by atoms with van der Waals surface area (Å²) < 4.78 is 5.94. The zero-order chi connectivity index (χ0) is 34.1. The number of hydroxylamine groups is 2. The van der Waals surface area contributed by atoms with Crippen LogP contribution in [0, 0.1) is 11.3 Å². The number of hydrogen-bond donors (Lipinski definition) is 3. The van der Waals surface area contributed by atoms with E-state index in [2.05, 4.69) is 6.07 Å². The topological polar surface area (TPSA) is 153 Å². The van der Waals surface area contributed by atoms with Gasteiger partial charge in [0.15, 0.2) is 0 Å². The average Bonchev–Trinajstić information content (AvgIpc) is 3.51. The fraction of sp³-hybridized carbons (Fsp3) is 0.371. The van der Waals surface area contributed by atoms with Crippen LogP contribution < -0.4 is 4.74 Å². The van der Waals surface area contributed by atoms with Gasteiger partial charge in [-0.05, 0) is 68.3 Å². The first kappa shape index (κ1) is 34.7. The third-order valence-corrected chi connectivity index (χ3v) is 8.08. The second kappa shape index (κ2) is 15.4. The van der Waals surface area contributed by atoms with E-state index in [1.165, 1.54) is 7.05 Å². The number of para-hydroxylation sites is 1. The number of aliphatic imine (C=N–C) groups is 1. The lowest BCUT2D eigenvalue weighted by Crippen LogP contribution is -2.55. The zero-order valence-corrected chi connectivity index (χ0v) is 27.2. The van der Waals surface area contributed by atoms with Crippen LogP contribution in [0.3, 0.4) is 0 Å². The minimum atomic E-state index is -0.764. The highest BCUT2D eigenvalue weighted by Gasteiger charge is 2.39. The van der Waals surface area contributed by atoms with Gasteiger partial charge in [-0.3, -0.25) is 24.8 Å². The van der Waals surface area contributed by atoms with Gasteiger partial charge in [-0.2, -0.15) is 5.26 Å². The predicted octanol–water partition coefficient (Wildman–Crippen LogP) is 4.37. The van der Waals surface area contributed by atoms with Crippen LogP contribution in [0.25, 0.3) is 0 Å². The van der Waals surface area contributed by atoms with E-state index in [-0.39, 0.29) is 18.3 Å². The van der Waals surface area contributed by atoms with Crippen LogP contribution in [0.4, 0.5) is 4.79 Å². The molecule has 1 fully saturated rings. The normalized spacial score (nSPS) is 16.4. The summed E-state index contributed by atoms with van der Waals surface area (Å²) in [7, 11) is 1.29. The number of nitriles is 1. The Hall–Kier alpha value is -5.12. The van der Waals surface area contributed by atoms with Crippen molar-refractivity contribution in [2.45, 2.75) is 32.2 Å². The van der Waals surface area contributed by atoms with Crippen molar-refractivity contribution in [2.75, 3.05) is 52.9 Å². The average molecular weight is 643 g/mol. The number of phenols is 2. The third kappa shape index (κ3) is 8.58. The molecule has 47 heavy (non-hydrogen) atoms. The molecule has 3 aromatic rings. The Kier molecular flexibility index (Phi) is 11.4. The quantitative estimate of drug-likeness (QED) is 0.254. The van der Waals surface area contributed by atoms with Crippen LogP contribution in [0.1, 0.15) is 43.5 Å². The van der Waals surface area contributed by atoms with Gasteiger partial charge in [0.05, 0.1) is 42.8 Å². The predicted molar refractivity (Wildman–Crippen MR) is 176 cm³/mol. The standard InChI is InChI=1S/C29H36N6O5.C6H6O/c1-5-40-25-11-8-21(29(2,3)19-30)16-23(25)27-31-17-24(20-6-9-22(36)10-7-20)35(27)28(38)34-14-12-33(13-15-34)18-26(37)32(4)39;7-6-4-2-1-3-5-6/h6-11,16,24,36,39H,5,12-15,17-18H2,1-4H3;1-5,7H/t24-;/m0./s1. The summed E-state index contributed by atoms with van der Waals surface area (Å²) >= 11 is 0. The number of ether oxygens (including phenoxy) is 1. The van der Waals surface area contributed by atoms with Gasteiger partial charge >= 0.3 is 6.03 Å². The highest BCUT2D eigenvalue weighted by molar-refractivity contribution is 6.10. The van der Waals surface area contributed by atoms with Crippen LogP contribution in [0.15, 0.2) is 77.8 Å². The Morgan fingerprint density at radius 3 is 2.19 bits per heavy atom. The molecule has 0 saturated carbocycles. The van der Waals surface area contributed by atoms with Crippen LogP contribution in [0.2, 0.25) is 0 Å². The Labute approximate surface area is 275 Å². The number of amidine groups is 1. The molecule has 0 unspecified atom stereocenters. The molecule has 2 aliphatic heterocycles. The summed E-state index contributed by atoms with van der Waals surface area (Å²) in [5.74, 6) is 1.07. The van der Waals surface area contributed by atoms with Crippen LogP contribution in [-0.4, -0.2) is 106 Å². The lowest BCUT2D eigenvalue weighted by molar-refractivity contribution is -0.160. The van der Waals surface area contributed by atoms with Gasteiger partial charge < -0.3 is 19.8 Å². The minimum absolute atomic E-state index is 0.0702. The van der Waals surface area contributed by atoms with Crippen molar-refractivity contribution < 1.29 is 29.7 Å². The summed E-state index contributed by atoms with van der Waals surface area (Å²) in [6.07, 6.45) is 0. The lowest BCUT2D eigenvalue weighted by Gasteiger charge is -2.38. The Morgan fingerprint density at radius 1 is 1.00 bits per heavy atom. The number of urea groups is 1. The van der Waals surface area contributed by atoms with Gasteiger partial charge in [-0.1, -0.05) is 36.4 Å². The molecule has 0 aliphatic carbocycles. The smallest absolute Gasteiger partial charge is 0.326 e. The molecule has 3 amide bonds. The van der Waals surface area contributed by atoms with Gasteiger partial charge in [0.2, 0.25) is 0 Å². The molecule has 0 aromatic heterocycles. The van der Waals surface area contributed by atoms with Gasteiger partial charge in [0, 0.05) is 33.2 Å². The van der Waals surface area contributed by atoms with Crippen LogP contribution >= 0.6 is 0 Å². The van der Waals surface area contributed by atoms with Crippen molar-refractivity contribution in [2.24, 2.45) is 4.99 Å². The fourth-order valence-electron chi connectivity index (χ4n) is 5.28. The second-order valence-corrected chi connectivity index (χ2v) is 11.8. The van der Waals surface area contributed by atoms with E-state index < -0.39 is 17.4 Å². The van der Waals surface area contributed by atoms with Crippen molar-refractivity contribution in [1.29, 1.82) is 5.26 Å². The number of carbonyl (C=O) groups is 2. The summed E-state index contributed by atoms with van der Waals surface area (Å²) in [6, 6.07) is 22.7. The van der Waals surface area contributed by atoms with Crippen molar-refractivity contribution >= 4 is 17.8 Å². The number of amides is 3. The molecule has 12 nitrogen and oxygen atoms in total. The first-order valence-corrected chi connectivity index (χ1v) is 15.5. The van der Waals surface area contributed by atoms with E-state index in [0.717, 1.165) is 11.1 Å². The third-order valence-electron chi connectivity index (χ3n) is 8.08. The first-order valence-electron chi connectivity index (χ1n) is 15.5. The molecule has 1 atom stereocenters. The molecule has 3 aromatic carbocycles. The van der Waals surface area contributed by atoms with E-state index in [9.17, 15) is 25.2 Å². The Bertz CT molecular complexity index is 1590. The number of nitrogens with zero attached hydrogens (tertiary/aromatic N) is 6. The molecule has 0 radical (unpaired) electrons. The molecule has 12 heteroatoms. The Morgan fingerprint density at radius 2 is 1.64 bits per heavy atom. The SMILES string of the molecule is CCOc1ccc(C(C)(C)C#N)cc1C1=NC[C@@H](c2ccc(O)cc2)N1C(=O)N1CCN(CC(=O)N(C)O)CC1.Oc1ccccc1. The molecule has 2 aliphatic rings. The number of piperazine rings is 1. The Balaban J connectivity index is 0.000000632. The van der Waals surface area contributed by atoms with Crippen LogP contribution in [-0.2, 0) is 10.2 Å². The maximum absolute atomic E-state index is 14.2. The van der Waals surface area contributed by atoms with Gasteiger partial charge in [-0.15, -0.1) is 0 Å².